The number of alkyl halides is 3. The highest BCUT2D eigenvalue weighted by molar-refractivity contribution is 7.99. The third kappa shape index (κ3) is 13.0. The molecular formula is C53H66ClF3N6O5S3. The van der Waals surface area contributed by atoms with Crippen LogP contribution in [-0.2, 0) is 19.9 Å². The van der Waals surface area contributed by atoms with Crippen LogP contribution in [0.5, 0.6) is 0 Å². The first-order valence-electron chi connectivity index (χ1n) is 24.4. The second kappa shape index (κ2) is 21.4. The molecule has 384 valence electrons. The van der Waals surface area contributed by atoms with Crippen LogP contribution in [0.15, 0.2) is 117 Å². The van der Waals surface area contributed by atoms with Gasteiger partial charge in [0.25, 0.3) is 25.8 Å². The number of carbonyl (C=O) groups excluding carboxylic acids is 1. The fraction of sp³-hybridized carbons (Fsp3) is 0.491. The van der Waals surface area contributed by atoms with Gasteiger partial charge in [0, 0.05) is 104 Å². The number of likely N-dealkylation sites (tertiary alicyclic amines) is 1. The van der Waals surface area contributed by atoms with Gasteiger partial charge in [-0.15, -0.1) is 11.8 Å². The summed E-state index contributed by atoms with van der Waals surface area (Å²) in [6.07, 6.45) is 3.71. The zero-order chi connectivity index (χ0) is 50.9. The molecule has 3 atom stereocenters. The Hall–Kier alpha value is -4.10. The molecule has 4 aromatic rings. The minimum atomic E-state index is -6.06. The average Bonchev–Trinajstić information content (AvgIpc) is 3.89. The molecule has 3 fully saturated rings. The number of benzene rings is 4. The Kier molecular flexibility index (Phi) is 16.0. The monoisotopic (exact) mass is 1050 g/mol. The van der Waals surface area contributed by atoms with Crippen molar-refractivity contribution in [3.8, 4) is 0 Å². The zero-order valence-corrected chi connectivity index (χ0v) is 44.3. The third-order valence-electron chi connectivity index (χ3n) is 14.6. The summed E-state index contributed by atoms with van der Waals surface area (Å²) in [7, 11) is -10.9. The van der Waals surface area contributed by atoms with Crippen molar-refractivity contribution in [3.63, 3.8) is 0 Å². The van der Waals surface area contributed by atoms with Crippen LogP contribution in [0.4, 0.5) is 24.5 Å². The molecular weight excluding hydrogens is 989 g/mol. The number of halogens is 4. The topological polar surface area (TPSA) is 122 Å². The van der Waals surface area contributed by atoms with Crippen molar-refractivity contribution < 1.29 is 34.8 Å². The molecule has 0 radical (unpaired) electrons. The molecule has 0 aromatic heterocycles. The van der Waals surface area contributed by atoms with Crippen molar-refractivity contribution in [2.24, 2.45) is 17.3 Å². The predicted octanol–water partition coefficient (Wildman–Crippen LogP) is 10.2. The Morgan fingerprint density at radius 2 is 1.48 bits per heavy atom. The molecule has 4 aliphatic rings. The Bertz CT molecular complexity index is 2770. The van der Waals surface area contributed by atoms with Crippen LogP contribution < -0.4 is 14.9 Å². The lowest BCUT2D eigenvalue weighted by Crippen LogP contribution is -2.53. The van der Waals surface area contributed by atoms with Crippen molar-refractivity contribution in [3.05, 3.63) is 119 Å². The summed E-state index contributed by atoms with van der Waals surface area (Å²) >= 11 is 7.69. The quantitative estimate of drug-likeness (QED) is 0.104. The molecule has 3 aliphatic heterocycles. The van der Waals surface area contributed by atoms with E-state index in [9.17, 15) is 34.8 Å². The maximum absolute atomic E-state index is 14.3. The summed E-state index contributed by atoms with van der Waals surface area (Å²) in [5.41, 5.74) is -0.765. The molecule has 0 spiro atoms. The normalized spacial score (nSPS) is 21.1. The minimum absolute atomic E-state index is 0.0167. The van der Waals surface area contributed by atoms with Crippen LogP contribution in [0.1, 0.15) is 76.2 Å². The number of nitrogens with zero attached hydrogens (tertiary/aromatic N) is 4. The van der Waals surface area contributed by atoms with Crippen LogP contribution in [0.25, 0.3) is 5.57 Å². The SMILES string of the molecule is CC1(C)CCC(c2ccc(Cl)cc2)=C(CN2C[C@@H]3CN(c4ccc(C(=O)NS(=O)(=O)c5ccc(NC(CCN6CCN(C(C)(C)C)CC6)CSc6ccccc6)c(S(=O)(=O)C(F)(F)F)c5)cc4)C[C@@H]3C2)C1. The molecule has 4 aromatic carbocycles. The summed E-state index contributed by atoms with van der Waals surface area (Å²) in [6.45, 7) is 19.7. The second-order valence-electron chi connectivity index (χ2n) is 21.4. The van der Waals surface area contributed by atoms with Gasteiger partial charge in [-0.2, -0.15) is 13.2 Å². The van der Waals surface area contributed by atoms with Crippen molar-refractivity contribution >= 4 is 66.1 Å². The fourth-order valence-corrected chi connectivity index (χ4v) is 13.7. The van der Waals surface area contributed by atoms with E-state index in [1.807, 2.05) is 47.2 Å². The fourth-order valence-electron chi connectivity index (χ4n) is 10.6. The standard InChI is InChI=1S/C53H66ClF3N6O5S3/c1-51(2,3)63-27-25-60(26-28-63)24-22-43(36-69-45-9-7-6-8-10-45)58-48-20-19-46(29-49(48)70(65,66)53(55,56)57)71(67,68)59-50(64)38-13-17-44(18-14-38)62-34-40-32-61(33-41(40)35-62)31-39-30-52(4,5)23-21-47(39)37-11-15-42(54)16-12-37/h6-20,29,40-41,43,58H,21-28,30-36H2,1-5H3,(H,59,64)/t40-,41+,43?. The third-order valence-corrected chi connectivity index (χ3v) is 18.9. The number of rotatable bonds is 16. The van der Waals surface area contributed by atoms with Crippen molar-refractivity contribution in [1.29, 1.82) is 0 Å². The number of fused-ring (bicyclic) bond motifs is 1. The number of nitrogens with one attached hydrogen (secondary N) is 2. The van der Waals surface area contributed by atoms with Gasteiger partial charge in [-0.3, -0.25) is 14.6 Å². The van der Waals surface area contributed by atoms with E-state index in [2.05, 4.69) is 71.7 Å². The summed E-state index contributed by atoms with van der Waals surface area (Å²) in [5, 5.41) is 3.79. The van der Waals surface area contributed by atoms with Gasteiger partial charge in [-0.25, -0.2) is 21.6 Å². The van der Waals surface area contributed by atoms with Crippen molar-refractivity contribution in [2.75, 3.05) is 81.4 Å². The van der Waals surface area contributed by atoms with Gasteiger partial charge >= 0.3 is 5.51 Å². The number of piperazine rings is 1. The van der Waals surface area contributed by atoms with Crippen molar-refractivity contribution in [2.45, 2.75) is 92.1 Å². The van der Waals surface area contributed by atoms with Gasteiger partial charge in [-0.05, 0) is 142 Å². The molecule has 18 heteroatoms. The molecule has 1 unspecified atom stereocenters. The summed E-state index contributed by atoms with van der Waals surface area (Å²) in [4.78, 5) is 21.9. The van der Waals surface area contributed by atoms with Gasteiger partial charge < -0.3 is 15.1 Å². The van der Waals surface area contributed by atoms with Crippen LogP contribution in [0.3, 0.4) is 0 Å². The molecule has 8 rings (SSSR count). The van der Waals surface area contributed by atoms with Gasteiger partial charge in [-0.1, -0.05) is 61.4 Å². The average molecular weight is 1060 g/mol. The molecule has 3 saturated heterocycles. The number of amides is 1. The number of sulfonamides is 1. The highest BCUT2D eigenvalue weighted by atomic mass is 35.5. The minimum Gasteiger partial charge on any atom is -0.380 e. The molecule has 0 bridgehead atoms. The number of anilines is 2. The number of hydrogen-bond donors (Lipinski definition) is 2. The molecule has 71 heavy (non-hydrogen) atoms. The number of carbonyl (C=O) groups is 1. The first-order valence-corrected chi connectivity index (χ1v) is 28.8. The Morgan fingerprint density at radius 1 is 0.831 bits per heavy atom. The lowest BCUT2D eigenvalue weighted by Gasteiger charge is -2.42. The summed E-state index contributed by atoms with van der Waals surface area (Å²) in [5.74, 6) is 0.304. The molecule has 2 N–H and O–H groups in total. The zero-order valence-electron chi connectivity index (χ0n) is 41.1. The van der Waals surface area contributed by atoms with Gasteiger partial charge in [0.2, 0.25) is 0 Å². The van der Waals surface area contributed by atoms with E-state index < -0.39 is 47.1 Å². The lowest BCUT2D eigenvalue weighted by atomic mass is 9.73. The van der Waals surface area contributed by atoms with Gasteiger partial charge in [0.1, 0.15) is 4.90 Å². The Balaban J connectivity index is 0.921. The van der Waals surface area contributed by atoms with E-state index >= 15 is 0 Å². The smallest absolute Gasteiger partial charge is 0.380 e. The number of thioether (sulfide) groups is 1. The Morgan fingerprint density at radius 3 is 2.10 bits per heavy atom. The van der Waals surface area contributed by atoms with Gasteiger partial charge in [0.15, 0.2) is 0 Å². The van der Waals surface area contributed by atoms with E-state index in [1.54, 1.807) is 12.1 Å². The molecule has 11 nitrogen and oxygen atoms in total. The summed E-state index contributed by atoms with van der Waals surface area (Å²) < 4.78 is 98.7. The highest BCUT2D eigenvalue weighted by Gasteiger charge is 2.49. The van der Waals surface area contributed by atoms with E-state index in [0.717, 1.165) is 106 Å². The number of sulfone groups is 1. The number of allylic oxidation sites excluding steroid dienone is 1. The molecule has 3 heterocycles. The largest absolute Gasteiger partial charge is 0.501 e. The second-order valence-corrected chi connectivity index (χ2v) is 26.5. The van der Waals surface area contributed by atoms with Gasteiger partial charge in [0.05, 0.1) is 10.6 Å². The number of hydrogen-bond acceptors (Lipinski definition) is 11. The van der Waals surface area contributed by atoms with E-state index in [-0.39, 0.29) is 22.2 Å². The molecule has 1 amide bonds. The summed E-state index contributed by atoms with van der Waals surface area (Å²) in [6, 6.07) is 26.2. The van der Waals surface area contributed by atoms with E-state index in [1.165, 1.54) is 40.6 Å². The predicted molar refractivity (Wildman–Crippen MR) is 279 cm³/mol. The maximum Gasteiger partial charge on any atom is 0.501 e. The van der Waals surface area contributed by atoms with Crippen LogP contribution in [0, 0.1) is 17.3 Å². The molecule has 0 saturated carbocycles. The first-order chi connectivity index (χ1) is 33.4. The van der Waals surface area contributed by atoms with E-state index in [4.69, 9.17) is 11.6 Å². The van der Waals surface area contributed by atoms with E-state index in [0.29, 0.717) is 36.6 Å². The lowest BCUT2D eigenvalue weighted by molar-refractivity contribution is -0.0435. The molecule has 1 aliphatic carbocycles. The Labute approximate surface area is 427 Å². The maximum atomic E-state index is 14.3. The van der Waals surface area contributed by atoms with Crippen molar-refractivity contribution in [1.82, 2.24) is 19.4 Å². The first kappa shape index (κ1) is 53.2. The van der Waals surface area contributed by atoms with Crippen LogP contribution in [-0.4, -0.2) is 126 Å². The van der Waals surface area contributed by atoms with Crippen LogP contribution >= 0.6 is 23.4 Å². The highest BCUT2D eigenvalue weighted by Crippen LogP contribution is 2.44. The van der Waals surface area contributed by atoms with Crippen LogP contribution in [0.2, 0.25) is 5.02 Å².